The molecule has 1 aromatic carbocycles. The molecule has 7 heteroatoms. The van der Waals surface area contributed by atoms with Crippen LogP contribution >= 0.6 is 24.0 Å². The maximum Gasteiger partial charge on any atom is 0.217 e. The Kier molecular flexibility index (Phi) is 10.5. The predicted octanol–water partition coefficient (Wildman–Crippen LogP) is 3.06. The summed E-state index contributed by atoms with van der Waals surface area (Å²) in [7, 11) is 0. The fourth-order valence-corrected chi connectivity index (χ4v) is 3.43. The number of halogens is 1. The quantitative estimate of drug-likeness (QED) is 0.351. The number of benzene rings is 1. The van der Waals surface area contributed by atoms with E-state index in [0.717, 1.165) is 55.3 Å². The van der Waals surface area contributed by atoms with Crippen LogP contribution < -0.4 is 15.8 Å². The summed E-state index contributed by atoms with van der Waals surface area (Å²) in [4.78, 5) is 18.3. The van der Waals surface area contributed by atoms with Crippen LogP contribution in [0, 0.1) is 12.8 Å². The molecular formula is C20H33IN4O2. The second kappa shape index (κ2) is 12.0. The number of hydrogen-bond donors (Lipinski definition) is 2. The smallest absolute Gasteiger partial charge is 0.217 e. The molecule has 1 aliphatic heterocycles. The number of carbonyl (C=O) groups excluding carboxylic acids is 1. The maximum absolute atomic E-state index is 11.2. The molecule has 0 bridgehead atoms. The molecule has 1 heterocycles. The molecule has 2 rings (SSSR count). The highest BCUT2D eigenvalue weighted by Crippen LogP contribution is 2.21. The van der Waals surface area contributed by atoms with Crippen molar-refractivity contribution >= 4 is 35.8 Å². The predicted molar refractivity (Wildman–Crippen MR) is 121 cm³/mol. The first kappa shape index (κ1) is 23.5. The summed E-state index contributed by atoms with van der Waals surface area (Å²) in [5.41, 5.74) is 7.66. The number of nitrogens with one attached hydrogen (secondary N) is 1. The summed E-state index contributed by atoms with van der Waals surface area (Å²) in [5, 5.41) is 3.38. The normalized spacial score (nSPS) is 17.2. The van der Waals surface area contributed by atoms with Gasteiger partial charge in [-0.1, -0.05) is 12.1 Å². The van der Waals surface area contributed by atoms with E-state index in [9.17, 15) is 4.79 Å². The zero-order valence-corrected chi connectivity index (χ0v) is 19.0. The van der Waals surface area contributed by atoms with Crippen molar-refractivity contribution in [2.24, 2.45) is 16.6 Å². The lowest BCUT2D eigenvalue weighted by Gasteiger charge is -2.34. The summed E-state index contributed by atoms with van der Waals surface area (Å²) in [6.07, 6.45) is 2.56. The van der Waals surface area contributed by atoms with E-state index in [1.807, 2.05) is 13.0 Å². The van der Waals surface area contributed by atoms with E-state index in [2.05, 4.69) is 36.2 Å². The number of primary amides is 1. The molecule has 1 amide bonds. The lowest BCUT2D eigenvalue weighted by Crippen LogP contribution is -2.47. The summed E-state index contributed by atoms with van der Waals surface area (Å²) in [6.45, 7) is 10.0. The van der Waals surface area contributed by atoms with Gasteiger partial charge in [0.2, 0.25) is 5.91 Å². The van der Waals surface area contributed by atoms with E-state index in [0.29, 0.717) is 25.5 Å². The van der Waals surface area contributed by atoms with Crippen molar-refractivity contribution < 1.29 is 9.53 Å². The molecule has 1 saturated heterocycles. The number of aliphatic imine (C=N–C) groups is 1. The summed E-state index contributed by atoms with van der Waals surface area (Å²) < 4.78 is 5.60. The molecule has 0 radical (unpaired) electrons. The first-order valence-electron chi connectivity index (χ1n) is 9.57. The number of nitrogens with two attached hydrogens (primary N) is 1. The number of carbonyl (C=O) groups is 1. The number of ether oxygens (including phenoxy) is 1. The molecule has 1 unspecified atom stereocenters. The highest BCUT2D eigenvalue weighted by molar-refractivity contribution is 14.0. The largest absolute Gasteiger partial charge is 0.494 e. The molecule has 3 N–H and O–H groups in total. The third-order valence-corrected chi connectivity index (χ3v) is 4.59. The molecular weight excluding hydrogens is 455 g/mol. The van der Waals surface area contributed by atoms with Gasteiger partial charge in [-0.05, 0) is 56.7 Å². The molecule has 152 valence electrons. The van der Waals surface area contributed by atoms with Crippen LogP contribution in [0.15, 0.2) is 23.2 Å². The Balaban J connectivity index is 0.00000364. The molecule has 0 spiro atoms. The van der Waals surface area contributed by atoms with Crippen LogP contribution in [-0.2, 0) is 11.3 Å². The van der Waals surface area contributed by atoms with E-state index >= 15 is 0 Å². The van der Waals surface area contributed by atoms with Gasteiger partial charge in [0.1, 0.15) is 5.75 Å². The van der Waals surface area contributed by atoms with Crippen LogP contribution in [0.1, 0.15) is 44.2 Å². The van der Waals surface area contributed by atoms with E-state index in [1.54, 1.807) is 0 Å². The first-order chi connectivity index (χ1) is 12.5. The van der Waals surface area contributed by atoms with Crippen LogP contribution in [0.3, 0.4) is 0 Å². The Hall–Kier alpha value is -1.51. The standard InChI is InChI=1S/C20H32N4O2.HI/c1-4-22-20(24-10-6-7-17(14-24)12-19(21)25)23-13-16-8-9-18(26-5-2)15(3)11-16;/h8-9,11,17H,4-7,10,12-14H2,1-3H3,(H2,21,25)(H,22,23);1H. The second-order valence-electron chi connectivity index (χ2n) is 6.83. The average Bonchev–Trinajstić information content (AvgIpc) is 2.60. The van der Waals surface area contributed by atoms with Gasteiger partial charge in [0.05, 0.1) is 13.2 Å². The van der Waals surface area contributed by atoms with Gasteiger partial charge in [0, 0.05) is 26.1 Å². The van der Waals surface area contributed by atoms with Crippen LogP contribution in [0.5, 0.6) is 5.75 Å². The van der Waals surface area contributed by atoms with Gasteiger partial charge in [-0.2, -0.15) is 0 Å². The van der Waals surface area contributed by atoms with Gasteiger partial charge in [-0.3, -0.25) is 4.79 Å². The molecule has 6 nitrogen and oxygen atoms in total. The van der Waals surface area contributed by atoms with Crippen molar-refractivity contribution in [2.75, 3.05) is 26.2 Å². The topological polar surface area (TPSA) is 80.0 Å². The molecule has 0 aliphatic carbocycles. The van der Waals surface area contributed by atoms with Gasteiger partial charge in [0.15, 0.2) is 5.96 Å². The average molecular weight is 488 g/mol. The van der Waals surface area contributed by atoms with Crippen molar-refractivity contribution in [3.63, 3.8) is 0 Å². The maximum atomic E-state index is 11.2. The van der Waals surface area contributed by atoms with Crippen molar-refractivity contribution in [3.8, 4) is 5.75 Å². The zero-order valence-electron chi connectivity index (χ0n) is 16.7. The molecule has 0 saturated carbocycles. The van der Waals surface area contributed by atoms with Gasteiger partial charge in [-0.15, -0.1) is 24.0 Å². The summed E-state index contributed by atoms with van der Waals surface area (Å²) >= 11 is 0. The van der Waals surface area contributed by atoms with Crippen molar-refractivity contribution in [3.05, 3.63) is 29.3 Å². The van der Waals surface area contributed by atoms with Crippen molar-refractivity contribution in [1.82, 2.24) is 10.2 Å². The summed E-state index contributed by atoms with van der Waals surface area (Å²) in [5.74, 6) is 1.94. The number of amides is 1. The Labute approximate surface area is 179 Å². The van der Waals surface area contributed by atoms with E-state index < -0.39 is 0 Å². The SMILES string of the molecule is CCNC(=NCc1ccc(OCC)c(C)c1)N1CCCC(CC(N)=O)C1.I. The molecule has 27 heavy (non-hydrogen) atoms. The van der Waals surface area contributed by atoms with Crippen LogP contribution in [0.4, 0.5) is 0 Å². The number of nitrogens with zero attached hydrogens (tertiary/aromatic N) is 2. The zero-order chi connectivity index (χ0) is 18.9. The lowest BCUT2D eigenvalue weighted by atomic mass is 9.95. The van der Waals surface area contributed by atoms with Crippen LogP contribution in [0.2, 0.25) is 0 Å². The Morgan fingerprint density at radius 2 is 2.19 bits per heavy atom. The Bertz CT molecular complexity index is 636. The van der Waals surface area contributed by atoms with Gasteiger partial charge >= 0.3 is 0 Å². The fraction of sp³-hybridized carbons (Fsp3) is 0.600. The van der Waals surface area contributed by atoms with Crippen LogP contribution in [-0.4, -0.2) is 43.0 Å². The van der Waals surface area contributed by atoms with E-state index in [1.165, 1.54) is 0 Å². The molecule has 1 atom stereocenters. The van der Waals surface area contributed by atoms with Crippen LogP contribution in [0.25, 0.3) is 0 Å². The third-order valence-electron chi connectivity index (χ3n) is 4.59. The van der Waals surface area contributed by atoms with Gasteiger partial charge in [0.25, 0.3) is 0 Å². The number of likely N-dealkylation sites (tertiary alicyclic amines) is 1. The Morgan fingerprint density at radius 3 is 2.81 bits per heavy atom. The number of aryl methyl sites for hydroxylation is 1. The molecule has 0 aromatic heterocycles. The highest BCUT2D eigenvalue weighted by Gasteiger charge is 2.23. The minimum absolute atomic E-state index is 0. The van der Waals surface area contributed by atoms with Crippen molar-refractivity contribution in [1.29, 1.82) is 0 Å². The lowest BCUT2D eigenvalue weighted by molar-refractivity contribution is -0.119. The van der Waals surface area contributed by atoms with E-state index in [-0.39, 0.29) is 29.9 Å². The number of piperidine rings is 1. The first-order valence-corrected chi connectivity index (χ1v) is 9.57. The third kappa shape index (κ3) is 7.56. The number of hydrogen-bond acceptors (Lipinski definition) is 3. The molecule has 1 fully saturated rings. The molecule has 1 aliphatic rings. The minimum Gasteiger partial charge on any atom is -0.494 e. The summed E-state index contributed by atoms with van der Waals surface area (Å²) in [6, 6.07) is 6.21. The fourth-order valence-electron chi connectivity index (χ4n) is 3.43. The number of guanidine groups is 1. The van der Waals surface area contributed by atoms with Gasteiger partial charge < -0.3 is 20.7 Å². The monoisotopic (exact) mass is 488 g/mol. The second-order valence-corrected chi connectivity index (χ2v) is 6.83. The van der Waals surface area contributed by atoms with Crippen molar-refractivity contribution in [2.45, 2.75) is 46.6 Å². The molecule has 1 aromatic rings. The van der Waals surface area contributed by atoms with E-state index in [4.69, 9.17) is 15.5 Å². The number of rotatable bonds is 7. The minimum atomic E-state index is -0.219. The van der Waals surface area contributed by atoms with Gasteiger partial charge in [-0.25, -0.2) is 4.99 Å². The Morgan fingerprint density at radius 1 is 1.41 bits per heavy atom. The highest BCUT2D eigenvalue weighted by atomic mass is 127.